The van der Waals surface area contributed by atoms with Crippen molar-refractivity contribution >= 4 is 39.5 Å². The molecule has 0 spiro atoms. The Kier molecular flexibility index (Phi) is 75.6. The van der Waals surface area contributed by atoms with Crippen molar-refractivity contribution in [2.45, 2.75) is 478 Å². The molecule has 0 aliphatic heterocycles. The number of rotatable bonds is 85. The van der Waals surface area contributed by atoms with Gasteiger partial charge in [-0.2, -0.15) is 0 Å². The van der Waals surface area contributed by atoms with E-state index >= 15 is 0 Å². The van der Waals surface area contributed by atoms with Crippen LogP contribution in [-0.4, -0.2) is 96.7 Å². The molecule has 0 rings (SSSR count). The summed E-state index contributed by atoms with van der Waals surface area (Å²) in [6.07, 6.45) is 68.3. The molecule has 6 atom stereocenters. The van der Waals surface area contributed by atoms with Crippen molar-refractivity contribution < 1.29 is 80.2 Å². The summed E-state index contributed by atoms with van der Waals surface area (Å²) in [6, 6.07) is 0. The van der Waals surface area contributed by atoms with Crippen LogP contribution in [0.2, 0.25) is 0 Å². The van der Waals surface area contributed by atoms with E-state index in [1.165, 1.54) is 263 Å². The molecule has 0 saturated heterocycles. The molecule has 3 unspecified atom stereocenters. The van der Waals surface area contributed by atoms with E-state index in [2.05, 4.69) is 48.5 Å². The van der Waals surface area contributed by atoms with Gasteiger partial charge in [0.25, 0.3) is 0 Å². The molecule has 0 aromatic carbocycles. The molecular weight excluding hydrogens is 1380 g/mol. The van der Waals surface area contributed by atoms with E-state index in [1.807, 2.05) is 0 Å². The Morgan fingerprint density at radius 3 is 0.717 bits per heavy atom. The molecule has 106 heavy (non-hydrogen) atoms. The number of unbranched alkanes of at least 4 members (excludes halogenated alkanes) is 52. The predicted octanol–water partition coefficient (Wildman–Crippen LogP) is 26.5. The van der Waals surface area contributed by atoms with Crippen LogP contribution >= 0.6 is 15.6 Å². The SMILES string of the molecule is CCCCCCCCCCCCCCCCCCCCCCC(=O)OC[C@H](COP(=O)(O)OC[C@@H](O)COP(=O)(O)OC[C@@H](COC(=O)CCCCCCCCC(C)C)OC(=O)CCCCCCCCCCCCCCC(C)C)OC(=O)CCCCCCCCCCCCCCCCCCCCC(C)CC. The Balaban J connectivity index is 5.20. The first-order valence-electron chi connectivity index (χ1n) is 44.9. The highest BCUT2D eigenvalue weighted by Crippen LogP contribution is 2.45. The third-order valence-corrected chi connectivity index (χ3v) is 22.6. The molecule has 630 valence electrons. The second-order valence-corrected chi connectivity index (χ2v) is 35.4. The normalized spacial score (nSPS) is 14.1. The van der Waals surface area contributed by atoms with Gasteiger partial charge in [-0.15, -0.1) is 0 Å². The number of phosphoric ester groups is 2. The van der Waals surface area contributed by atoms with Gasteiger partial charge in [-0.25, -0.2) is 9.13 Å². The largest absolute Gasteiger partial charge is 0.472 e. The zero-order valence-electron chi connectivity index (χ0n) is 69.9. The highest BCUT2D eigenvalue weighted by Gasteiger charge is 2.31. The van der Waals surface area contributed by atoms with Crippen LogP contribution < -0.4 is 0 Å². The fourth-order valence-electron chi connectivity index (χ4n) is 13.5. The second-order valence-electron chi connectivity index (χ2n) is 32.5. The zero-order chi connectivity index (χ0) is 77.9. The maximum absolute atomic E-state index is 13.2. The molecule has 0 aliphatic rings. The summed E-state index contributed by atoms with van der Waals surface area (Å²) in [7, 11) is -9.93. The van der Waals surface area contributed by atoms with Crippen molar-refractivity contribution in [3.63, 3.8) is 0 Å². The van der Waals surface area contributed by atoms with Crippen LogP contribution in [0.5, 0.6) is 0 Å². The Labute approximate surface area is 651 Å². The summed E-state index contributed by atoms with van der Waals surface area (Å²) < 4.78 is 68.9. The number of ether oxygens (including phenoxy) is 4. The fraction of sp³-hybridized carbons (Fsp3) is 0.954. The highest BCUT2D eigenvalue weighted by molar-refractivity contribution is 7.47. The summed E-state index contributed by atoms with van der Waals surface area (Å²) >= 11 is 0. The van der Waals surface area contributed by atoms with Crippen molar-refractivity contribution in [1.29, 1.82) is 0 Å². The molecule has 0 fully saturated rings. The van der Waals surface area contributed by atoms with Gasteiger partial charge < -0.3 is 33.8 Å². The Hall–Kier alpha value is -1.94. The number of carbonyl (C=O) groups excluding carboxylic acids is 4. The quantitative estimate of drug-likeness (QED) is 0.0222. The number of esters is 4. The van der Waals surface area contributed by atoms with E-state index in [1.54, 1.807) is 0 Å². The first-order chi connectivity index (χ1) is 51.3. The molecule has 0 heterocycles. The van der Waals surface area contributed by atoms with Crippen molar-refractivity contribution in [2.75, 3.05) is 39.6 Å². The van der Waals surface area contributed by atoms with Crippen molar-refractivity contribution in [2.24, 2.45) is 17.8 Å². The molecule has 0 aromatic rings. The van der Waals surface area contributed by atoms with Gasteiger partial charge in [0.1, 0.15) is 19.3 Å². The van der Waals surface area contributed by atoms with Crippen LogP contribution in [0, 0.1) is 17.8 Å². The minimum atomic E-state index is -4.97. The first-order valence-corrected chi connectivity index (χ1v) is 47.9. The smallest absolute Gasteiger partial charge is 0.462 e. The first kappa shape index (κ1) is 104. The average Bonchev–Trinajstić information content (AvgIpc) is 0.903. The van der Waals surface area contributed by atoms with Gasteiger partial charge in [0.05, 0.1) is 26.4 Å². The molecule has 0 saturated carbocycles. The van der Waals surface area contributed by atoms with Crippen LogP contribution in [0.25, 0.3) is 0 Å². The van der Waals surface area contributed by atoms with Gasteiger partial charge in [0, 0.05) is 25.7 Å². The minimum absolute atomic E-state index is 0.106. The van der Waals surface area contributed by atoms with E-state index in [4.69, 9.17) is 37.0 Å². The second kappa shape index (κ2) is 77.0. The predicted molar refractivity (Wildman–Crippen MR) is 437 cm³/mol. The number of aliphatic hydroxyl groups excluding tert-OH is 1. The monoisotopic (exact) mass is 1550 g/mol. The molecular formula is C87H170O17P2. The third-order valence-electron chi connectivity index (χ3n) is 20.7. The van der Waals surface area contributed by atoms with Crippen molar-refractivity contribution in [1.82, 2.24) is 0 Å². The van der Waals surface area contributed by atoms with E-state index in [0.29, 0.717) is 31.6 Å². The highest BCUT2D eigenvalue weighted by atomic mass is 31.2. The lowest BCUT2D eigenvalue weighted by Crippen LogP contribution is -2.30. The molecule has 17 nitrogen and oxygen atoms in total. The van der Waals surface area contributed by atoms with Crippen molar-refractivity contribution in [3.8, 4) is 0 Å². The van der Waals surface area contributed by atoms with Crippen LogP contribution in [-0.2, 0) is 65.4 Å². The van der Waals surface area contributed by atoms with Gasteiger partial charge in [-0.3, -0.25) is 37.3 Å². The maximum atomic E-state index is 13.2. The number of phosphoric acid groups is 2. The van der Waals surface area contributed by atoms with Crippen LogP contribution in [0.1, 0.15) is 459 Å². The van der Waals surface area contributed by atoms with Crippen molar-refractivity contribution in [3.05, 3.63) is 0 Å². The van der Waals surface area contributed by atoms with E-state index < -0.39 is 97.5 Å². The van der Waals surface area contributed by atoms with E-state index in [0.717, 1.165) is 108 Å². The summed E-state index contributed by atoms with van der Waals surface area (Å²) in [5, 5.41) is 10.7. The van der Waals surface area contributed by atoms with E-state index in [-0.39, 0.29) is 25.7 Å². The molecule has 0 amide bonds. The number of carbonyl (C=O) groups is 4. The molecule has 0 aromatic heterocycles. The summed E-state index contributed by atoms with van der Waals surface area (Å²) in [5.74, 6) is 0.220. The fourth-order valence-corrected chi connectivity index (χ4v) is 15.1. The van der Waals surface area contributed by atoms with Gasteiger partial charge in [-0.05, 0) is 43.4 Å². The number of hydrogen-bond donors (Lipinski definition) is 3. The van der Waals surface area contributed by atoms with Crippen LogP contribution in [0.3, 0.4) is 0 Å². The Bertz CT molecular complexity index is 2050. The lowest BCUT2D eigenvalue weighted by Gasteiger charge is -2.21. The third kappa shape index (κ3) is 78.7. The van der Waals surface area contributed by atoms with Gasteiger partial charge in [-0.1, -0.05) is 408 Å². The van der Waals surface area contributed by atoms with Crippen LogP contribution in [0.15, 0.2) is 0 Å². The number of hydrogen-bond acceptors (Lipinski definition) is 15. The topological polar surface area (TPSA) is 237 Å². The standard InChI is InChI=1S/C87H170O17P2/c1-8-10-11-12-13-14-15-16-17-18-19-20-24-27-30-36-41-46-54-61-68-84(89)97-74-82(103-86(91)70-63-56-47-42-37-31-28-25-22-21-23-26-29-35-40-45-53-60-67-80(7)9-2)76-101-105(93,94)99-72-81(88)73-100-106(95,96)102-77-83(75-98-85(90)69-62-55-50-49-52-59-66-79(5)6)104-87(92)71-64-57-48-43-38-33-32-34-39-44-51-58-65-78(3)4/h78-83,88H,8-77H2,1-7H3,(H,93,94)(H,95,96)/t80?,81-,82-,83-/m1/s1. The zero-order valence-corrected chi connectivity index (χ0v) is 71.7. The maximum Gasteiger partial charge on any atom is 0.472 e. The summed E-state index contributed by atoms with van der Waals surface area (Å²) in [6.45, 7) is 12.0. The lowest BCUT2D eigenvalue weighted by atomic mass is 9.99. The molecule has 19 heteroatoms. The minimum Gasteiger partial charge on any atom is -0.462 e. The molecule has 0 bridgehead atoms. The van der Waals surface area contributed by atoms with Gasteiger partial charge in [0.15, 0.2) is 12.2 Å². The number of aliphatic hydroxyl groups is 1. The summed E-state index contributed by atoms with van der Waals surface area (Å²) in [5.41, 5.74) is 0. The molecule has 0 aliphatic carbocycles. The lowest BCUT2D eigenvalue weighted by molar-refractivity contribution is -0.161. The van der Waals surface area contributed by atoms with Crippen LogP contribution in [0.4, 0.5) is 0 Å². The Morgan fingerprint density at radius 1 is 0.274 bits per heavy atom. The average molecular weight is 1550 g/mol. The Morgan fingerprint density at radius 2 is 0.481 bits per heavy atom. The van der Waals surface area contributed by atoms with Gasteiger partial charge >= 0.3 is 39.5 Å². The van der Waals surface area contributed by atoms with E-state index in [9.17, 15) is 43.2 Å². The van der Waals surface area contributed by atoms with Gasteiger partial charge in [0.2, 0.25) is 0 Å². The molecule has 0 radical (unpaired) electrons. The summed E-state index contributed by atoms with van der Waals surface area (Å²) in [4.78, 5) is 73.2. The molecule has 3 N–H and O–H groups in total.